The van der Waals surface area contributed by atoms with E-state index in [-0.39, 0.29) is 45.2 Å². The van der Waals surface area contributed by atoms with E-state index < -0.39 is 23.2 Å². The molecule has 0 fully saturated rings. The lowest BCUT2D eigenvalue weighted by Gasteiger charge is -2.23. The summed E-state index contributed by atoms with van der Waals surface area (Å²) in [5.41, 5.74) is 5.02. The number of aryl methyl sites for hydroxylation is 1. The summed E-state index contributed by atoms with van der Waals surface area (Å²) >= 11 is 0. The summed E-state index contributed by atoms with van der Waals surface area (Å²) in [7, 11) is 0. The highest BCUT2D eigenvalue weighted by Crippen LogP contribution is 2.27. The summed E-state index contributed by atoms with van der Waals surface area (Å²) < 4.78 is 29.3. The molecule has 0 aliphatic heterocycles. The number of hydrogen-bond acceptors (Lipinski definition) is 9. The number of halogens is 2. The van der Waals surface area contributed by atoms with Crippen molar-refractivity contribution in [3.8, 4) is 17.8 Å². The normalized spacial score (nSPS) is 11.6. The van der Waals surface area contributed by atoms with E-state index in [1.807, 2.05) is 12.1 Å². The van der Waals surface area contributed by atoms with Crippen molar-refractivity contribution in [1.82, 2.24) is 24.5 Å². The highest BCUT2D eigenvalue weighted by molar-refractivity contribution is 5.84. The third-order valence-corrected chi connectivity index (χ3v) is 5.22. The lowest BCUT2D eigenvalue weighted by Crippen LogP contribution is -2.29. The molecule has 0 saturated heterocycles. The molecule has 0 spiro atoms. The largest absolute Gasteiger partial charge is 0.382 e. The summed E-state index contributed by atoms with van der Waals surface area (Å²) in [6, 6.07) is 6.05. The third-order valence-electron chi connectivity index (χ3n) is 5.22. The second-order valence-corrected chi connectivity index (χ2v) is 7.53. The third kappa shape index (κ3) is 4.20. The molecule has 0 unspecified atom stereocenters. The average Bonchev–Trinajstić information content (AvgIpc) is 2.82. The molecule has 0 bridgehead atoms. The Hall–Kier alpha value is -4.97. The van der Waals surface area contributed by atoms with Crippen LogP contribution in [0.4, 0.5) is 20.4 Å². The lowest BCUT2D eigenvalue weighted by atomic mass is 10.1. The number of fused-ring (bicyclic) bond motifs is 1. The van der Waals surface area contributed by atoms with E-state index in [2.05, 4.69) is 25.3 Å². The molecule has 174 valence electrons. The van der Waals surface area contributed by atoms with Crippen molar-refractivity contribution in [2.75, 3.05) is 11.1 Å². The van der Waals surface area contributed by atoms with Gasteiger partial charge in [0.2, 0.25) is 0 Å². The average molecular weight is 473 g/mol. The van der Waals surface area contributed by atoms with Crippen LogP contribution < -0.4 is 16.6 Å². The quantitative estimate of drug-likeness (QED) is 0.444. The van der Waals surface area contributed by atoms with Gasteiger partial charge in [0.25, 0.3) is 5.56 Å². The standard InChI is InChI=1S/C23H17F2N9O/c1-3-18(32-21-17(8-27)20(28)30-11(2)31-21)22-33-19-12(7-26)4-13(24)6-16(19)23(35)34(22)15-5-14(25)9-29-10-15/h4-6,9-10,18H,3H2,1-2H3,(H3,28,30,31,32)/t18-/m0/s1. The number of nitrogens with one attached hydrogen (secondary N) is 1. The van der Waals surface area contributed by atoms with E-state index in [4.69, 9.17) is 5.73 Å². The number of nitrogens with zero attached hydrogens (tertiary/aromatic N) is 7. The molecular formula is C23H17F2N9O. The van der Waals surface area contributed by atoms with E-state index in [0.29, 0.717) is 12.2 Å². The number of pyridine rings is 1. The number of aromatic nitrogens is 5. The van der Waals surface area contributed by atoms with Gasteiger partial charge < -0.3 is 11.1 Å². The van der Waals surface area contributed by atoms with Crippen molar-refractivity contribution in [3.05, 3.63) is 75.4 Å². The van der Waals surface area contributed by atoms with E-state index in [0.717, 1.165) is 29.0 Å². The van der Waals surface area contributed by atoms with Gasteiger partial charge in [-0.25, -0.2) is 23.7 Å². The molecule has 4 aromatic rings. The number of rotatable bonds is 5. The zero-order valence-electron chi connectivity index (χ0n) is 18.5. The van der Waals surface area contributed by atoms with Gasteiger partial charge in [-0.3, -0.25) is 14.3 Å². The first kappa shape index (κ1) is 23.2. The highest BCUT2D eigenvalue weighted by Gasteiger charge is 2.24. The van der Waals surface area contributed by atoms with Gasteiger partial charge in [0.1, 0.15) is 46.8 Å². The molecule has 0 aliphatic rings. The van der Waals surface area contributed by atoms with Crippen LogP contribution in [-0.4, -0.2) is 24.5 Å². The number of hydrogen-bond donors (Lipinski definition) is 2. The van der Waals surface area contributed by atoms with Crippen molar-refractivity contribution in [1.29, 1.82) is 10.5 Å². The van der Waals surface area contributed by atoms with Gasteiger partial charge in [0.15, 0.2) is 5.82 Å². The minimum atomic E-state index is -0.791. The van der Waals surface area contributed by atoms with E-state index in [1.54, 1.807) is 13.8 Å². The maximum absolute atomic E-state index is 14.2. The van der Waals surface area contributed by atoms with Crippen LogP contribution in [0.2, 0.25) is 0 Å². The Morgan fingerprint density at radius 1 is 1.11 bits per heavy atom. The molecule has 4 rings (SSSR count). The van der Waals surface area contributed by atoms with E-state index in [1.165, 1.54) is 6.20 Å². The van der Waals surface area contributed by atoms with Crippen molar-refractivity contribution in [2.45, 2.75) is 26.3 Å². The zero-order chi connectivity index (χ0) is 25.3. The fourth-order valence-electron chi connectivity index (χ4n) is 3.69. The Kier molecular flexibility index (Phi) is 6.04. The maximum Gasteiger partial charge on any atom is 0.266 e. The van der Waals surface area contributed by atoms with Crippen LogP contribution in [0.15, 0.2) is 35.4 Å². The van der Waals surface area contributed by atoms with Crippen LogP contribution in [-0.2, 0) is 0 Å². The van der Waals surface area contributed by atoms with Gasteiger partial charge in [-0.15, -0.1) is 0 Å². The number of benzene rings is 1. The lowest BCUT2D eigenvalue weighted by molar-refractivity contribution is 0.614. The molecule has 1 atom stereocenters. The summed E-state index contributed by atoms with van der Waals surface area (Å²) in [5.74, 6) is -1.04. The van der Waals surface area contributed by atoms with E-state index in [9.17, 15) is 24.1 Å². The van der Waals surface area contributed by atoms with Crippen LogP contribution in [0.3, 0.4) is 0 Å². The van der Waals surface area contributed by atoms with Crippen molar-refractivity contribution in [2.24, 2.45) is 0 Å². The van der Waals surface area contributed by atoms with Crippen LogP contribution in [0.25, 0.3) is 16.6 Å². The van der Waals surface area contributed by atoms with Crippen LogP contribution in [0.5, 0.6) is 0 Å². The fraction of sp³-hybridized carbons (Fsp3) is 0.174. The first-order valence-corrected chi connectivity index (χ1v) is 10.3. The molecular weight excluding hydrogens is 456 g/mol. The zero-order valence-corrected chi connectivity index (χ0v) is 18.5. The minimum Gasteiger partial charge on any atom is -0.382 e. The first-order chi connectivity index (χ1) is 16.8. The monoisotopic (exact) mass is 473 g/mol. The molecule has 3 heterocycles. The topological polar surface area (TPSA) is 159 Å². The number of anilines is 2. The smallest absolute Gasteiger partial charge is 0.266 e. The summed E-state index contributed by atoms with van der Waals surface area (Å²) in [5, 5.41) is 22.0. The second-order valence-electron chi connectivity index (χ2n) is 7.53. The Bertz CT molecular complexity index is 1620. The number of nitriles is 2. The van der Waals surface area contributed by atoms with Gasteiger partial charge in [-0.05, 0) is 25.5 Å². The predicted molar refractivity (Wildman–Crippen MR) is 122 cm³/mol. The van der Waals surface area contributed by atoms with Gasteiger partial charge >= 0.3 is 0 Å². The van der Waals surface area contributed by atoms with Gasteiger partial charge in [0.05, 0.1) is 40.6 Å². The molecule has 3 aromatic heterocycles. The predicted octanol–water partition coefficient (Wildman–Crippen LogP) is 3.05. The van der Waals surface area contributed by atoms with Crippen LogP contribution >= 0.6 is 0 Å². The van der Waals surface area contributed by atoms with Crippen LogP contribution in [0.1, 0.15) is 42.2 Å². The molecule has 0 amide bonds. The molecule has 0 aliphatic carbocycles. The molecule has 3 N–H and O–H groups in total. The van der Waals surface area contributed by atoms with E-state index >= 15 is 0 Å². The van der Waals surface area contributed by atoms with Gasteiger partial charge in [-0.1, -0.05) is 6.92 Å². The Morgan fingerprint density at radius 2 is 1.89 bits per heavy atom. The number of nitrogen functional groups attached to an aromatic ring is 1. The van der Waals surface area contributed by atoms with Crippen molar-refractivity contribution in [3.63, 3.8) is 0 Å². The fourth-order valence-corrected chi connectivity index (χ4v) is 3.69. The molecule has 12 heteroatoms. The van der Waals surface area contributed by atoms with Crippen molar-refractivity contribution >= 4 is 22.5 Å². The highest BCUT2D eigenvalue weighted by atomic mass is 19.1. The minimum absolute atomic E-state index is 0.00376. The molecule has 1 aromatic carbocycles. The van der Waals surface area contributed by atoms with Crippen LogP contribution in [0, 0.1) is 41.2 Å². The molecule has 35 heavy (non-hydrogen) atoms. The van der Waals surface area contributed by atoms with Gasteiger partial charge in [-0.2, -0.15) is 10.5 Å². The Morgan fingerprint density at radius 3 is 2.54 bits per heavy atom. The summed E-state index contributed by atoms with van der Waals surface area (Å²) in [6.45, 7) is 3.38. The summed E-state index contributed by atoms with van der Waals surface area (Å²) in [6.07, 6.45) is 2.54. The summed E-state index contributed by atoms with van der Waals surface area (Å²) in [4.78, 5) is 30.1. The van der Waals surface area contributed by atoms with Gasteiger partial charge in [0, 0.05) is 6.07 Å². The molecule has 10 nitrogen and oxygen atoms in total. The molecule has 0 radical (unpaired) electrons. The SMILES string of the molecule is CC[C@H](Nc1nc(C)nc(N)c1C#N)c1nc2c(C#N)cc(F)cc2c(=O)n1-c1cncc(F)c1. The first-order valence-electron chi connectivity index (χ1n) is 10.3. The van der Waals surface area contributed by atoms with Crippen molar-refractivity contribution < 1.29 is 8.78 Å². The Balaban J connectivity index is 2.04. The Labute approximate surface area is 197 Å². The number of nitrogens with two attached hydrogens (primary N) is 1. The molecule has 0 saturated carbocycles. The maximum atomic E-state index is 14.2. The second kappa shape index (κ2) is 9.11.